The average molecular weight is 235 g/mol. The standard InChI is InChI=1S/C11H13N3OS/c1-3-5-14-11-7(6-12)9(13)10(16-11)8(15)4-2/h3,14H,1,4-5,13H2,2H3. The van der Waals surface area contributed by atoms with E-state index in [1.54, 1.807) is 13.0 Å². The first-order valence-corrected chi connectivity index (χ1v) is 5.67. The first-order valence-electron chi connectivity index (χ1n) is 4.86. The zero-order chi connectivity index (χ0) is 12.1. The van der Waals surface area contributed by atoms with Gasteiger partial charge in [0.25, 0.3) is 0 Å². The minimum absolute atomic E-state index is 0.0364. The molecule has 0 aliphatic rings. The highest BCUT2D eigenvalue weighted by Crippen LogP contribution is 2.35. The third-order valence-corrected chi connectivity index (χ3v) is 3.24. The summed E-state index contributed by atoms with van der Waals surface area (Å²) < 4.78 is 0. The molecule has 0 saturated carbocycles. The maximum Gasteiger partial charge on any atom is 0.174 e. The quantitative estimate of drug-likeness (QED) is 0.606. The van der Waals surface area contributed by atoms with E-state index in [1.165, 1.54) is 11.3 Å². The lowest BCUT2D eigenvalue weighted by atomic mass is 10.2. The van der Waals surface area contributed by atoms with E-state index in [4.69, 9.17) is 11.0 Å². The number of Topliss-reactive ketones (excluding diaryl/α,β-unsaturated/α-hetero) is 1. The van der Waals surface area contributed by atoms with Crippen LogP contribution in [0.25, 0.3) is 0 Å². The Labute approximate surface area is 98.4 Å². The monoisotopic (exact) mass is 235 g/mol. The van der Waals surface area contributed by atoms with Crippen molar-refractivity contribution in [1.29, 1.82) is 5.26 Å². The Kier molecular flexibility index (Phi) is 4.09. The molecule has 3 N–H and O–H groups in total. The van der Waals surface area contributed by atoms with Crippen LogP contribution in [0, 0.1) is 11.3 Å². The molecule has 1 aromatic heterocycles. The lowest BCUT2D eigenvalue weighted by molar-refractivity contribution is 0.0993. The molecule has 0 aromatic carbocycles. The Morgan fingerprint density at radius 3 is 2.94 bits per heavy atom. The molecule has 1 heterocycles. The average Bonchev–Trinajstić information content (AvgIpc) is 2.62. The van der Waals surface area contributed by atoms with Crippen molar-refractivity contribution < 1.29 is 4.79 Å². The minimum Gasteiger partial charge on any atom is -0.396 e. The third-order valence-electron chi connectivity index (χ3n) is 2.04. The number of hydrogen-bond acceptors (Lipinski definition) is 5. The summed E-state index contributed by atoms with van der Waals surface area (Å²) >= 11 is 1.23. The lowest BCUT2D eigenvalue weighted by Crippen LogP contribution is -1.99. The van der Waals surface area contributed by atoms with Gasteiger partial charge in [-0.05, 0) is 0 Å². The van der Waals surface area contributed by atoms with E-state index < -0.39 is 0 Å². The number of nitrogen functional groups attached to an aromatic ring is 1. The summed E-state index contributed by atoms with van der Waals surface area (Å²) in [5.41, 5.74) is 6.40. The van der Waals surface area contributed by atoms with Crippen molar-refractivity contribution in [2.24, 2.45) is 0 Å². The highest BCUT2D eigenvalue weighted by Gasteiger charge is 2.19. The van der Waals surface area contributed by atoms with Crippen molar-refractivity contribution >= 4 is 27.8 Å². The fraction of sp³-hybridized carbons (Fsp3) is 0.273. The number of nitrogens with one attached hydrogen (secondary N) is 1. The van der Waals surface area contributed by atoms with Crippen LogP contribution < -0.4 is 11.1 Å². The lowest BCUT2D eigenvalue weighted by Gasteiger charge is -1.98. The fourth-order valence-electron chi connectivity index (χ4n) is 1.21. The van der Waals surface area contributed by atoms with E-state index in [0.29, 0.717) is 28.4 Å². The van der Waals surface area contributed by atoms with Gasteiger partial charge in [0.05, 0.1) is 10.6 Å². The van der Waals surface area contributed by atoms with Gasteiger partial charge in [0, 0.05) is 13.0 Å². The molecular weight excluding hydrogens is 222 g/mol. The topological polar surface area (TPSA) is 78.9 Å². The molecule has 0 aliphatic carbocycles. The van der Waals surface area contributed by atoms with Gasteiger partial charge >= 0.3 is 0 Å². The van der Waals surface area contributed by atoms with E-state index in [9.17, 15) is 4.79 Å². The first-order chi connectivity index (χ1) is 7.65. The Balaban J connectivity index is 3.15. The maximum absolute atomic E-state index is 11.6. The van der Waals surface area contributed by atoms with Crippen molar-refractivity contribution in [1.82, 2.24) is 0 Å². The van der Waals surface area contributed by atoms with E-state index in [-0.39, 0.29) is 11.5 Å². The number of carbonyl (C=O) groups excluding carboxylic acids is 1. The molecule has 0 saturated heterocycles. The number of thiophene rings is 1. The molecule has 0 spiro atoms. The molecule has 0 aliphatic heterocycles. The van der Waals surface area contributed by atoms with Crippen LogP contribution in [-0.2, 0) is 0 Å². The number of rotatable bonds is 5. The molecule has 1 rings (SSSR count). The smallest absolute Gasteiger partial charge is 0.174 e. The molecule has 0 fully saturated rings. The predicted octanol–water partition coefficient (Wildman–Crippen LogP) is 2.39. The Bertz CT molecular complexity index is 457. The Morgan fingerprint density at radius 2 is 2.44 bits per heavy atom. The molecule has 4 nitrogen and oxygen atoms in total. The van der Waals surface area contributed by atoms with Crippen LogP contribution in [-0.4, -0.2) is 12.3 Å². The molecular formula is C11H13N3OS. The van der Waals surface area contributed by atoms with Gasteiger partial charge in [-0.25, -0.2) is 0 Å². The van der Waals surface area contributed by atoms with E-state index >= 15 is 0 Å². The van der Waals surface area contributed by atoms with Crippen LogP contribution in [0.3, 0.4) is 0 Å². The summed E-state index contributed by atoms with van der Waals surface area (Å²) in [6.45, 7) is 5.88. The van der Waals surface area contributed by atoms with Crippen molar-refractivity contribution in [2.75, 3.05) is 17.6 Å². The Morgan fingerprint density at radius 1 is 1.75 bits per heavy atom. The van der Waals surface area contributed by atoms with Crippen molar-refractivity contribution in [3.63, 3.8) is 0 Å². The normalized spacial score (nSPS) is 9.50. The van der Waals surface area contributed by atoms with E-state index in [0.717, 1.165) is 0 Å². The van der Waals surface area contributed by atoms with Gasteiger partial charge in [-0.3, -0.25) is 4.79 Å². The second kappa shape index (κ2) is 5.33. The second-order valence-corrected chi connectivity index (χ2v) is 4.13. The van der Waals surface area contributed by atoms with E-state index in [1.807, 2.05) is 6.07 Å². The van der Waals surface area contributed by atoms with Gasteiger partial charge in [-0.15, -0.1) is 17.9 Å². The van der Waals surface area contributed by atoms with Crippen LogP contribution in [0.4, 0.5) is 10.7 Å². The summed E-state index contributed by atoms with van der Waals surface area (Å²) in [6, 6.07) is 2.01. The van der Waals surface area contributed by atoms with Gasteiger partial charge in [0.15, 0.2) is 5.78 Å². The van der Waals surface area contributed by atoms with Gasteiger partial charge in [0.2, 0.25) is 0 Å². The largest absolute Gasteiger partial charge is 0.396 e. The molecule has 5 heteroatoms. The second-order valence-electron chi connectivity index (χ2n) is 3.11. The fourth-order valence-corrected chi connectivity index (χ4v) is 2.30. The van der Waals surface area contributed by atoms with Gasteiger partial charge < -0.3 is 11.1 Å². The zero-order valence-electron chi connectivity index (χ0n) is 9.04. The number of anilines is 2. The molecule has 1 aromatic rings. The summed E-state index contributed by atoms with van der Waals surface area (Å²) in [5, 5.41) is 12.6. The number of nitrogens with zero attached hydrogens (tertiary/aromatic N) is 1. The number of carbonyl (C=O) groups is 1. The first kappa shape index (κ1) is 12.3. The number of ketones is 1. The molecule has 0 unspecified atom stereocenters. The van der Waals surface area contributed by atoms with Gasteiger partial charge in [0.1, 0.15) is 16.6 Å². The number of nitrogens with two attached hydrogens (primary N) is 1. The summed E-state index contributed by atoms with van der Waals surface area (Å²) in [5.74, 6) is -0.0364. The van der Waals surface area contributed by atoms with Gasteiger partial charge in [-0.1, -0.05) is 13.0 Å². The van der Waals surface area contributed by atoms with Crippen LogP contribution >= 0.6 is 11.3 Å². The van der Waals surface area contributed by atoms with Crippen LogP contribution in [0.15, 0.2) is 12.7 Å². The van der Waals surface area contributed by atoms with Crippen molar-refractivity contribution in [3.8, 4) is 6.07 Å². The molecule has 16 heavy (non-hydrogen) atoms. The maximum atomic E-state index is 11.6. The molecule has 0 radical (unpaired) electrons. The van der Waals surface area contributed by atoms with Crippen molar-refractivity contribution in [3.05, 3.63) is 23.1 Å². The summed E-state index contributed by atoms with van der Waals surface area (Å²) in [4.78, 5) is 12.0. The van der Waals surface area contributed by atoms with Crippen LogP contribution in [0.2, 0.25) is 0 Å². The number of hydrogen-bond donors (Lipinski definition) is 2. The van der Waals surface area contributed by atoms with Crippen LogP contribution in [0.5, 0.6) is 0 Å². The van der Waals surface area contributed by atoms with Crippen molar-refractivity contribution in [2.45, 2.75) is 13.3 Å². The zero-order valence-corrected chi connectivity index (χ0v) is 9.86. The molecule has 0 amide bonds. The highest BCUT2D eigenvalue weighted by atomic mass is 32.1. The summed E-state index contributed by atoms with van der Waals surface area (Å²) in [7, 11) is 0. The Hall–Kier alpha value is -1.80. The summed E-state index contributed by atoms with van der Waals surface area (Å²) in [6.07, 6.45) is 2.06. The predicted molar refractivity (Wildman–Crippen MR) is 66.8 cm³/mol. The minimum atomic E-state index is -0.0364. The SMILES string of the molecule is C=CCNc1sc(C(=O)CC)c(N)c1C#N. The molecule has 0 atom stereocenters. The van der Waals surface area contributed by atoms with Gasteiger partial charge in [-0.2, -0.15) is 5.26 Å². The molecule has 84 valence electrons. The van der Waals surface area contributed by atoms with E-state index in [2.05, 4.69) is 11.9 Å². The highest BCUT2D eigenvalue weighted by molar-refractivity contribution is 7.19. The number of nitriles is 1. The third kappa shape index (κ3) is 2.23. The molecule has 0 bridgehead atoms. The van der Waals surface area contributed by atoms with Crippen LogP contribution in [0.1, 0.15) is 28.6 Å².